The molecule has 0 radical (unpaired) electrons. The van der Waals surface area contributed by atoms with Crippen molar-refractivity contribution in [2.24, 2.45) is 0 Å². The summed E-state index contributed by atoms with van der Waals surface area (Å²) in [5.74, 6) is -0.447. The van der Waals surface area contributed by atoms with E-state index in [0.29, 0.717) is 22.8 Å². The number of nitrogens with zero attached hydrogens (tertiary/aromatic N) is 1. The molecule has 1 amide bonds. The van der Waals surface area contributed by atoms with Crippen LogP contribution >= 0.6 is 0 Å². The standard InChI is InChI=1S/C21H18N2O7/c1-12(24)16-7-18-19(29-11-28-18)8-17(16)23-20(25)10-27-21(26)13(2)30-15-5-3-14(9-22)4-6-15/h3-8,13H,10-11H2,1-2H3,(H,23,25)/t13-/m0/s1. The van der Waals surface area contributed by atoms with Crippen molar-refractivity contribution < 1.29 is 33.3 Å². The van der Waals surface area contributed by atoms with E-state index >= 15 is 0 Å². The first-order valence-corrected chi connectivity index (χ1v) is 8.95. The van der Waals surface area contributed by atoms with E-state index in [2.05, 4.69) is 5.32 Å². The molecule has 1 heterocycles. The molecule has 0 fully saturated rings. The van der Waals surface area contributed by atoms with Gasteiger partial charge >= 0.3 is 5.97 Å². The Kier molecular flexibility index (Phi) is 6.17. The summed E-state index contributed by atoms with van der Waals surface area (Å²) in [6.45, 7) is 2.30. The minimum atomic E-state index is -0.968. The number of nitriles is 1. The van der Waals surface area contributed by atoms with E-state index in [1.807, 2.05) is 6.07 Å². The van der Waals surface area contributed by atoms with Gasteiger partial charge in [0.1, 0.15) is 5.75 Å². The minimum absolute atomic E-state index is 0.0266. The SMILES string of the molecule is CC(=O)c1cc2c(cc1NC(=O)COC(=O)[C@H](C)Oc1ccc(C#N)cc1)OCO2. The lowest BCUT2D eigenvalue weighted by molar-refractivity contribution is -0.153. The number of esters is 1. The second-order valence-electron chi connectivity index (χ2n) is 6.36. The highest BCUT2D eigenvalue weighted by Crippen LogP contribution is 2.37. The number of Topliss-reactive ketones (excluding diaryl/α,β-unsaturated/α-hetero) is 1. The van der Waals surface area contributed by atoms with Crippen molar-refractivity contribution in [1.82, 2.24) is 0 Å². The second kappa shape index (κ2) is 8.96. The van der Waals surface area contributed by atoms with Crippen LogP contribution in [0.3, 0.4) is 0 Å². The average molecular weight is 410 g/mol. The Morgan fingerprint density at radius 1 is 1.17 bits per heavy atom. The zero-order valence-electron chi connectivity index (χ0n) is 16.3. The van der Waals surface area contributed by atoms with Gasteiger partial charge in [0, 0.05) is 11.6 Å². The molecule has 3 rings (SSSR count). The highest BCUT2D eigenvalue weighted by atomic mass is 16.7. The van der Waals surface area contributed by atoms with E-state index in [9.17, 15) is 14.4 Å². The molecule has 0 saturated carbocycles. The van der Waals surface area contributed by atoms with E-state index in [0.717, 1.165) is 0 Å². The van der Waals surface area contributed by atoms with Crippen molar-refractivity contribution in [3.63, 3.8) is 0 Å². The predicted octanol–water partition coefficient (Wildman–Crippen LogP) is 2.44. The summed E-state index contributed by atoms with van der Waals surface area (Å²) in [6.07, 6.45) is -0.968. The van der Waals surface area contributed by atoms with Crippen molar-refractivity contribution in [1.29, 1.82) is 5.26 Å². The molecule has 0 bridgehead atoms. The molecule has 0 aliphatic carbocycles. The summed E-state index contributed by atoms with van der Waals surface area (Å²) in [5, 5.41) is 11.3. The summed E-state index contributed by atoms with van der Waals surface area (Å²) >= 11 is 0. The molecule has 9 nitrogen and oxygen atoms in total. The van der Waals surface area contributed by atoms with Gasteiger partial charge in [-0.3, -0.25) is 9.59 Å². The van der Waals surface area contributed by atoms with Crippen LogP contribution in [0.4, 0.5) is 5.69 Å². The van der Waals surface area contributed by atoms with Gasteiger partial charge < -0.3 is 24.3 Å². The second-order valence-corrected chi connectivity index (χ2v) is 6.36. The number of fused-ring (bicyclic) bond motifs is 1. The molecule has 1 aliphatic rings. The lowest BCUT2D eigenvalue weighted by atomic mass is 10.1. The third-order valence-corrected chi connectivity index (χ3v) is 4.14. The largest absolute Gasteiger partial charge is 0.479 e. The molecule has 9 heteroatoms. The molecule has 2 aromatic carbocycles. The summed E-state index contributed by atoms with van der Waals surface area (Å²) in [5.41, 5.74) is 0.939. The lowest BCUT2D eigenvalue weighted by Gasteiger charge is -2.14. The maximum absolute atomic E-state index is 12.2. The Balaban J connectivity index is 1.56. The first kappa shape index (κ1) is 20.7. The predicted molar refractivity (Wildman–Crippen MR) is 103 cm³/mol. The number of hydrogen-bond donors (Lipinski definition) is 1. The summed E-state index contributed by atoms with van der Waals surface area (Å²) in [6, 6.07) is 11.2. The van der Waals surface area contributed by atoms with Crippen LogP contribution in [-0.4, -0.2) is 37.2 Å². The number of carbonyl (C=O) groups excluding carboxylic acids is 3. The van der Waals surface area contributed by atoms with Gasteiger partial charge in [-0.15, -0.1) is 0 Å². The van der Waals surface area contributed by atoms with Crippen LogP contribution in [0.1, 0.15) is 29.8 Å². The van der Waals surface area contributed by atoms with Crippen molar-refractivity contribution in [2.75, 3.05) is 18.7 Å². The van der Waals surface area contributed by atoms with Gasteiger partial charge in [0.15, 0.2) is 30.0 Å². The van der Waals surface area contributed by atoms with Crippen LogP contribution < -0.4 is 19.5 Å². The summed E-state index contributed by atoms with van der Waals surface area (Å²) in [7, 11) is 0. The summed E-state index contributed by atoms with van der Waals surface area (Å²) in [4.78, 5) is 36.1. The number of ether oxygens (including phenoxy) is 4. The fraction of sp³-hybridized carbons (Fsp3) is 0.238. The molecule has 0 aromatic heterocycles. The molecular weight excluding hydrogens is 392 g/mol. The number of anilines is 1. The molecule has 1 aliphatic heterocycles. The fourth-order valence-corrected chi connectivity index (χ4v) is 2.64. The van der Waals surface area contributed by atoms with E-state index in [1.165, 1.54) is 26.0 Å². The van der Waals surface area contributed by atoms with Crippen LogP contribution in [0.15, 0.2) is 36.4 Å². The van der Waals surface area contributed by atoms with Gasteiger partial charge in [-0.1, -0.05) is 0 Å². The van der Waals surface area contributed by atoms with Gasteiger partial charge in [0.2, 0.25) is 6.79 Å². The van der Waals surface area contributed by atoms with Crippen LogP contribution in [0.25, 0.3) is 0 Å². The number of ketones is 1. The third kappa shape index (κ3) is 4.86. The topological polar surface area (TPSA) is 124 Å². The quantitative estimate of drug-likeness (QED) is 0.545. The van der Waals surface area contributed by atoms with Crippen molar-refractivity contribution in [3.05, 3.63) is 47.5 Å². The Labute approximate surface area is 172 Å². The van der Waals surface area contributed by atoms with Crippen molar-refractivity contribution in [3.8, 4) is 23.3 Å². The lowest BCUT2D eigenvalue weighted by Crippen LogP contribution is -2.30. The van der Waals surface area contributed by atoms with Gasteiger partial charge in [-0.05, 0) is 44.2 Å². The van der Waals surface area contributed by atoms with Gasteiger partial charge in [0.05, 0.1) is 17.3 Å². The Morgan fingerprint density at radius 2 is 1.83 bits per heavy atom. The molecular formula is C21H18N2O7. The molecule has 1 N–H and O–H groups in total. The maximum atomic E-state index is 12.2. The fourth-order valence-electron chi connectivity index (χ4n) is 2.64. The zero-order chi connectivity index (χ0) is 21.7. The van der Waals surface area contributed by atoms with Crippen LogP contribution in [-0.2, 0) is 14.3 Å². The van der Waals surface area contributed by atoms with Crippen LogP contribution in [0.5, 0.6) is 17.2 Å². The highest BCUT2D eigenvalue weighted by molar-refractivity contribution is 6.05. The monoisotopic (exact) mass is 410 g/mol. The van der Waals surface area contributed by atoms with Crippen molar-refractivity contribution in [2.45, 2.75) is 20.0 Å². The maximum Gasteiger partial charge on any atom is 0.347 e. The van der Waals surface area contributed by atoms with E-state index < -0.39 is 24.6 Å². The molecule has 1 atom stereocenters. The van der Waals surface area contributed by atoms with E-state index in [1.54, 1.807) is 24.3 Å². The van der Waals surface area contributed by atoms with E-state index in [-0.39, 0.29) is 23.8 Å². The third-order valence-electron chi connectivity index (χ3n) is 4.14. The molecule has 0 saturated heterocycles. The first-order chi connectivity index (χ1) is 14.4. The number of hydrogen-bond acceptors (Lipinski definition) is 8. The number of carbonyl (C=O) groups is 3. The Morgan fingerprint density at radius 3 is 2.47 bits per heavy atom. The molecule has 2 aromatic rings. The molecule has 30 heavy (non-hydrogen) atoms. The smallest absolute Gasteiger partial charge is 0.347 e. The number of nitrogens with one attached hydrogen (secondary N) is 1. The normalized spacial score (nSPS) is 12.4. The van der Waals surface area contributed by atoms with Gasteiger partial charge in [-0.2, -0.15) is 5.26 Å². The Hall–Kier alpha value is -4.06. The number of rotatable bonds is 7. The number of amides is 1. The molecule has 0 spiro atoms. The zero-order valence-corrected chi connectivity index (χ0v) is 16.3. The van der Waals surface area contributed by atoms with Crippen molar-refractivity contribution >= 4 is 23.3 Å². The molecule has 0 unspecified atom stereocenters. The van der Waals surface area contributed by atoms with Crippen LogP contribution in [0, 0.1) is 11.3 Å². The van der Waals surface area contributed by atoms with Crippen LogP contribution in [0.2, 0.25) is 0 Å². The Bertz CT molecular complexity index is 1020. The van der Waals surface area contributed by atoms with Gasteiger partial charge in [-0.25, -0.2) is 4.79 Å². The number of benzene rings is 2. The summed E-state index contributed by atoms with van der Waals surface area (Å²) < 4.78 is 20.9. The average Bonchev–Trinajstić information content (AvgIpc) is 3.19. The first-order valence-electron chi connectivity index (χ1n) is 8.95. The molecule has 154 valence electrons. The van der Waals surface area contributed by atoms with E-state index in [4.69, 9.17) is 24.2 Å². The minimum Gasteiger partial charge on any atom is -0.479 e. The highest BCUT2D eigenvalue weighted by Gasteiger charge is 2.22. The van der Waals surface area contributed by atoms with Gasteiger partial charge in [0.25, 0.3) is 5.91 Å².